The van der Waals surface area contributed by atoms with Gasteiger partial charge in [0, 0.05) is 24.9 Å². The predicted octanol–water partition coefficient (Wildman–Crippen LogP) is 3.40. The van der Waals surface area contributed by atoms with Gasteiger partial charge in [0.1, 0.15) is 6.61 Å². The largest absolute Gasteiger partial charge is 0.473 e. The highest BCUT2D eigenvalue weighted by Crippen LogP contribution is 2.25. The molecule has 2 N–H and O–H groups in total. The van der Waals surface area contributed by atoms with Gasteiger partial charge >= 0.3 is 0 Å². The van der Waals surface area contributed by atoms with Crippen molar-refractivity contribution in [3.8, 4) is 16.5 Å². The van der Waals surface area contributed by atoms with Crippen LogP contribution in [0.2, 0.25) is 0 Å². The number of hydrogen-bond acceptors (Lipinski definition) is 6. The van der Waals surface area contributed by atoms with Crippen molar-refractivity contribution < 1.29 is 4.74 Å². The topological polar surface area (TPSA) is 64.3 Å². The molecule has 0 aliphatic carbocycles. The lowest BCUT2D eigenvalue weighted by molar-refractivity contribution is 0.294. The highest BCUT2D eigenvalue weighted by Gasteiger charge is 2.10. The first-order valence-electron chi connectivity index (χ1n) is 7.21. The first-order chi connectivity index (χ1) is 11.1. The van der Waals surface area contributed by atoms with Crippen LogP contribution in [0.3, 0.4) is 0 Å². The molecule has 2 aromatic heterocycles. The number of anilines is 1. The van der Waals surface area contributed by atoms with Crippen LogP contribution in [0.15, 0.2) is 48.1 Å². The molecule has 2 heterocycles. The minimum Gasteiger partial charge on any atom is -0.473 e. The van der Waals surface area contributed by atoms with Crippen molar-refractivity contribution in [2.75, 3.05) is 12.1 Å². The summed E-state index contributed by atoms with van der Waals surface area (Å²) in [6.07, 6.45) is 1.81. The summed E-state index contributed by atoms with van der Waals surface area (Å²) in [5, 5.41) is 1.60. The van der Waals surface area contributed by atoms with Crippen molar-refractivity contribution >= 4 is 17.0 Å². The molecule has 23 heavy (non-hydrogen) atoms. The van der Waals surface area contributed by atoms with Crippen LogP contribution in [0.4, 0.5) is 5.69 Å². The highest BCUT2D eigenvalue weighted by molar-refractivity contribution is 7.13. The number of ether oxygens (including phenoxy) is 1. The van der Waals surface area contributed by atoms with Gasteiger partial charge in [0.25, 0.3) is 0 Å². The van der Waals surface area contributed by atoms with Gasteiger partial charge < -0.3 is 9.75 Å². The molecule has 1 aromatic carbocycles. The Bertz CT molecular complexity index is 787. The van der Waals surface area contributed by atoms with Gasteiger partial charge in [0.05, 0.1) is 21.8 Å². The quantitative estimate of drug-likeness (QED) is 0.575. The van der Waals surface area contributed by atoms with E-state index in [1.54, 1.807) is 28.1 Å². The maximum atomic E-state index is 5.90. The SMILES string of the molecule is Cc1cccc(N(C)N)c1COc1cccc(-c2cncs2)n1. The van der Waals surface area contributed by atoms with Crippen LogP contribution >= 0.6 is 11.3 Å². The third-order valence-electron chi connectivity index (χ3n) is 3.54. The second kappa shape index (κ2) is 6.76. The Labute approximate surface area is 139 Å². The van der Waals surface area contributed by atoms with Crippen molar-refractivity contribution in [2.24, 2.45) is 5.84 Å². The Kier molecular flexibility index (Phi) is 4.55. The Morgan fingerprint density at radius 1 is 1.22 bits per heavy atom. The summed E-state index contributed by atoms with van der Waals surface area (Å²) in [4.78, 5) is 9.64. The molecule has 0 amide bonds. The third kappa shape index (κ3) is 3.49. The molecule has 5 nitrogen and oxygen atoms in total. The molecule has 118 valence electrons. The molecular weight excluding hydrogens is 308 g/mol. The summed E-state index contributed by atoms with van der Waals surface area (Å²) in [5.41, 5.74) is 5.80. The van der Waals surface area contributed by atoms with E-state index in [1.807, 2.05) is 50.4 Å². The smallest absolute Gasteiger partial charge is 0.214 e. The zero-order chi connectivity index (χ0) is 16.2. The molecule has 0 spiro atoms. The number of nitrogens with zero attached hydrogens (tertiary/aromatic N) is 3. The minimum absolute atomic E-state index is 0.419. The standard InChI is InChI=1S/C17H18N4OS/c1-12-5-3-7-15(21(2)18)13(12)10-22-17-8-4-6-14(20-17)16-9-19-11-23-16/h3-9,11H,10,18H2,1-2H3. The second-order valence-electron chi connectivity index (χ2n) is 5.20. The van der Waals surface area contributed by atoms with E-state index in [2.05, 4.69) is 9.97 Å². The van der Waals surface area contributed by atoms with Crippen molar-refractivity contribution in [3.63, 3.8) is 0 Å². The second-order valence-corrected chi connectivity index (χ2v) is 6.09. The van der Waals surface area contributed by atoms with E-state index in [4.69, 9.17) is 10.6 Å². The lowest BCUT2D eigenvalue weighted by Gasteiger charge is -2.19. The maximum absolute atomic E-state index is 5.90. The van der Waals surface area contributed by atoms with E-state index in [1.165, 1.54) is 0 Å². The number of aryl methyl sites for hydroxylation is 1. The average Bonchev–Trinajstić information content (AvgIpc) is 3.08. The zero-order valence-electron chi connectivity index (χ0n) is 13.1. The molecule has 3 aromatic rings. The van der Waals surface area contributed by atoms with E-state index in [-0.39, 0.29) is 0 Å². The van der Waals surface area contributed by atoms with Crippen molar-refractivity contribution in [1.29, 1.82) is 0 Å². The molecule has 0 bridgehead atoms. The summed E-state index contributed by atoms with van der Waals surface area (Å²) in [6, 6.07) is 11.8. The Morgan fingerprint density at radius 3 is 2.78 bits per heavy atom. The van der Waals surface area contributed by atoms with Crippen LogP contribution in [0, 0.1) is 6.92 Å². The minimum atomic E-state index is 0.419. The van der Waals surface area contributed by atoms with E-state index < -0.39 is 0 Å². The summed E-state index contributed by atoms with van der Waals surface area (Å²) in [7, 11) is 1.82. The number of hydrogen-bond donors (Lipinski definition) is 1. The monoisotopic (exact) mass is 326 g/mol. The number of pyridine rings is 1. The molecule has 6 heteroatoms. The Morgan fingerprint density at radius 2 is 2.04 bits per heavy atom. The van der Waals surface area contributed by atoms with Crippen LogP contribution in [0.1, 0.15) is 11.1 Å². The first kappa shape index (κ1) is 15.5. The molecule has 0 fully saturated rings. The number of hydrazine groups is 1. The lowest BCUT2D eigenvalue weighted by atomic mass is 10.1. The predicted molar refractivity (Wildman–Crippen MR) is 93.4 cm³/mol. The van der Waals surface area contributed by atoms with Gasteiger partial charge in [-0.05, 0) is 24.6 Å². The third-order valence-corrected chi connectivity index (χ3v) is 4.33. The Balaban J connectivity index is 1.81. The van der Waals surface area contributed by atoms with E-state index in [0.717, 1.165) is 27.4 Å². The van der Waals surface area contributed by atoms with Gasteiger partial charge in [-0.25, -0.2) is 10.8 Å². The fourth-order valence-corrected chi connectivity index (χ4v) is 2.92. The molecule has 0 radical (unpaired) electrons. The summed E-state index contributed by atoms with van der Waals surface area (Å²) < 4.78 is 5.89. The summed E-state index contributed by atoms with van der Waals surface area (Å²) in [6.45, 7) is 2.47. The van der Waals surface area contributed by atoms with E-state index in [9.17, 15) is 0 Å². The number of thiazole rings is 1. The van der Waals surface area contributed by atoms with E-state index >= 15 is 0 Å². The summed E-state index contributed by atoms with van der Waals surface area (Å²) >= 11 is 1.56. The number of benzene rings is 1. The molecule has 0 aliphatic rings. The van der Waals surface area contributed by atoms with E-state index in [0.29, 0.717) is 12.5 Å². The summed E-state index contributed by atoms with van der Waals surface area (Å²) in [5.74, 6) is 6.48. The number of rotatable bonds is 5. The number of nitrogens with two attached hydrogens (primary N) is 1. The molecule has 3 rings (SSSR count). The van der Waals surface area contributed by atoms with Gasteiger partial charge in [-0.3, -0.25) is 4.98 Å². The molecule has 0 atom stereocenters. The molecular formula is C17H18N4OS. The molecule has 0 saturated carbocycles. The van der Waals surface area contributed by atoms with Crippen molar-refractivity contribution in [3.05, 3.63) is 59.2 Å². The van der Waals surface area contributed by atoms with Crippen molar-refractivity contribution in [1.82, 2.24) is 9.97 Å². The van der Waals surface area contributed by atoms with Crippen LogP contribution in [-0.2, 0) is 6.61 Å². The molecule has 0 saturated heterocycles. The molecule has 0 unspecified atom stereocenters. The average molecular weight is 326 g/mol. The van der Waals surface area contributed by atoms with Crippen LogP contribution in [-0.4, -0.2) is 17.0 Å². The first-order valence-corrected chi connectivity index (χ1v) is 8.09. The van der Waals surface area contributed by atoms with Gasteiger partial charge in [0.2, 0.25) is 5.88 Å². The fraction of sp³-hybridized carbons (Fsp3) is 0.176. The lowest BCUT2D eigenvalue weighted by Crippen LogP contribution is -2.26. The van der Waals surface area contributed by atoms with Crippen molar-refractivity contribution in [2.45, 2.75) is 13.5 Å². The highest BCUT2D eigenvalue weighted by atomic mass is 32.1. The van der Waals surface area contributed by atoms with Gasteiger partial charge in [-0.1, -0.05) is 18.2 Å². The van der Waals surface area contributed by atoms with Crippen LogP contribution in [0.25, 0.3) is 10.6 Å². The number of aromatic nitrogens is 2. The van der Waals surface area contributed by atoms with Gasteiger partial charge in [0.15, 0.2) is 0 Å². The normalized spacial score (nSPS) is 10.6. The van der Waals surface area contributed by atoms with Gasteiger partial charge in [-0.2, -0.15) is 0 Å². The maximum Gasteiger partial charge on any atom is 0.214 e. The van der Waals surface area contributed by atoms with Crippen LogP contribution < -0.4 is 15.6 Å². The zero-order valence-corrected chi connectivity index (χ0v) is 13.9. The molecule has 0 aliphatic heterocycles. The van der Waals surface area contributed by atoms with Gasteiger partial charge in [-0.15, -0.1) is 11.3 Å². The Hall–Kier alpha value is -2.44. The van der Waals surface area contributed by atoms with Crippen LogP contribution in [0.5, 0.6) is 5.88 Å². The fourth-order valence-electron chi connectivity index (χ4n) is 2.33.